The Morgan fingerprint density at radius 1 is 1.25 bits per heavy atom. The number of aryl methyl sites for hydroxylation is 1. The normalized spacial score (nSPS) is 25.7. The van der Waals surface area contributed by atoms with Gasteiger partial charge in [0.2, 0.25) is 0 Å². The van der Waals surface area contributed by atoms with Gasteiger partial charge in [-0.1, -0.05) is 5.21 Å². The molecule has 0 saturated carbocycles. The van der Waals surface area contributed by atoms with Gasteiger partial charge in [-0.2, -0.15) is 13.2 Å². The highest BCUT2D eigenvalue weighted by atomic mass is 19.4. The van der Waals surface area contributed by atoms with Gasteiger partial charge < -0.3 is 25.4 Å². The van der Waals surface area contributed by atoms with Crippen molar-refractivity contribution in [3.63, 3.8) is 0 Å². The maximum atomic E-state index is 13.3. The van der Waals surface area contributed by atoms with Gasteiger partial charge in [0.1, 0.15) is 24.1 Å². The first-order chi connectivity index (χ1) is 13.2. The third kappa shape index (κ3) is 4.58. The van der Waals surface area contributed by atoms with E-state index in [4.69, 9.17) is 9.84 Å². The molecule has 9 nitrogen and oxygen atoms in total. The van der Waals surface area contributed by atoms with Crippen LogP contribution in [-0.2, 0) is 24.4 Å². The number of aliphatic hydroxyl groups excluding tert-OH is 3. The Morgan fingerprint density at radius 3 is 2.61 bits per heavy atom. The van der Waals surface area contributed by atoms with Gasteiger partial charge in [-0.05, 0) is 12.1 Å². The number of alkyl halides is 3. The van der Waals surface area contributed by atoms with E-state index in [1.54, 1.807) is 13.2 Å². The molecule has 2 aromatic rings. The van der Waals surface area contributed by atoms with Crippen LogP contribution in [0.15, 0.2) is 18.3 Å². The Labute approximate surface area is 157 Å². The molecule has 4 atom stereocenters. The molecule has 1 aliphatic heterocycles. The summed E-state index contributed by atoms with van der Waals surface area (Å²) in [4.78, 5) is 4.16. The third-order valence-corrected chi connectivity index (χ3v) is 4.36. The summed E-state index contributed by atoms with van der Waals surface area (Å²) in [6.45, 7) is -0.615. The number of anilines is 1. The van der Waals surface area contributed by atoms with Crippen LogP contribution >= 0.6 is 0 Å². The smallest absolute Gasteiger partial charge is 0.394 e. The minimum absolute atomic E-state index is 0.0331. The highest BCUT2D eigenvalue weighted by Crippen LogP contribution is 2.32. The van der Waals surface area contributed by atoms with Crippen molar-refractivity contribution in [2.24, 2.45) is 7.05 Å². The summed E-state index contributed by atoms with van der Waals surface area (Å²) in [6, 6.07) is 0.833. The van der Waals surface area contributed by atoms with Crippen molar-refractivity contribution >= 4 is 5.82 Å². The van der Waals surface area contributed by atoms with Crippen molar-refractivity contribution in [2.75, 3.05) is 18.5 Å². The predicted octanol–water partition coefficient (Wildman–Crippen LogP) is -0.287. The number of halogens is 3. The fourth-order valence-electron chi connectivity index (χ4n) is 2.94. The second-order valence-electron chi connectivity index (χ2n) is 6.58. The van der Waals surface area contributed by atoms with Crippen molar-refractivity contribution in [1.82, 2.24) is 20.0 Å². The number of nitrogens with zero attached hydrogens (tertiary/aromatic N) is 4. The molecule has 3 rings (SSSR count). The number of aliphatic hydroxyl groups is 3. The minimum atomic E-state index is -4.60. The maximum Gasteiger partial charge on any atom is 0.416 e. The van der Waals surface area contributed by atoms with E-state index in [1.807, 2.05) is 0 Å². The highest BCUT2D eigenvalue weighted by Gasteiger charge is 2.38. The lowest BCUT2D eigenvalue weighted by molar-refractivity contribution is -0.152. The average molecular weight is 403 g/mol. The molecule has 1 saturated heterocycles. The average Bonchev–Trinajstić information content (AvgIpc) is 3.03. The number of hydrogen-bond acceptors (Lipinski definition) is 8. The van der Waals surface area contributed by atoms with E-state index in [2.05, 4.69) is 20.6 Å². The van der Waals surface area contributed by atoms with E-state index in [0.29, 0.717) is 5.69 Å². The van der Waals surface area contributed by atoms with Crippen LogP contribution in [0.1, 0.15) is 17.0 Å². The zero-order valence-corrected chi connectivity index (χ0v) is 14.8. The molecule has 154 valence electrons. The highest BCUT2D eigenvalue weighted by molar-refractivity contribution is 5.43. The first kappa shape index (κ1) is 20.5. The predicted molar refractivity (Wildman–Crippen MR) is 89.3 cm³/mol. The lowest BCUT2D eigenvalue weighted by atomic mass is 9.98. The van der Waals surface area contributed by atoms with Crippen LogP contribution in [0.2, 0.25) is 0 Å². The molecule has 0 unspecified atom stereocenters. The molecule has 0 amide bonds. The van der Waals surface area contributed by atoms with E-state index in [-0.39, 0.29) is 24.5 Å². The number of aromatic nitrogens is 4. The number of nitrogens with one attached hydrogen (secondary N) is 1. The molecule has 0 spiro atoms. The molecule has 1 fully saturated rings. The summed E-state index contributed by atoms with van der Waals surface area (Å²) in [5.74, 6) is -0.129. The molecule has 2 aromatic heterocycles. The largest absolute Gasteiger partial charge is 0.416 e. The number of hydrogen-bond donors (Lipinski definition) is 4. The summed E-state index contributed by atoms with van der Waals surface area (Å²) in [5.41, 5.74) is -0.357. The van der Waals surface area contributed by atoms with Gasteiger partial charge >= 0.3 is 6.18 Å². The fourth-order valence-corrected chi connectivity index (χ4v) is 2.94. The van der Waals surface area contributed by atoms with Crippen molar-refractivity contribution in [1.29, 1.82) is 0 Å². The Hall–Kier alpha value is -2.28. The third-order valence-electron chi connectivity index (χ3n) is 4.36. The summed E-state index contributed by atoms with van der Waals surface area (Å²) in [7, 11) is 1.64. The van der Waals surface area contributed by atoms with Crippen molar-refractivity contribution in [2.45, 2.75) is 37.0 Å². The van der Waals surface area contributed by atoms with E-state index in [9.17, 15) is 23.4 Å². The Kier molecular flexibility index (Phi) is 5.84. The first-order valence-electron chi connectivity index (χ1n) is 8.46. The fraction of sp³-hybridized carbons (Fsp3) is 0.562. The van der Waals surface area contributed by atoms with Crippen LogP contribution in [0.5, 0.6) is 0 Å². The van der Waals surface area contributed by atoms with Gasteiger partial charge in [-0.15, -0.1) is 5.10 Å². The molecule has 0 bridgehead atoms. The van der Waals surface area contributed by atoms with Crippen LogP contribution < -0.4 is 5.32 Å². The Bertz CT molecular complexity index is 816. The molecular weight excluding hydrogens is 383 g/mol. The zero-order chi connectivity index (χ0) is 20.5. The number of ether oxygens (including phenoxy) is 1. The lowest BCUT2D eigenvalue weighted by Gasteiger charge is -2.37. The molecule has 3 heterocycles. The van der Waals surface area contributed by atoms with Crippen molar-refractivity contribution in [3.05, 3.63) is 35.3 Å². The maximum absolute atomic E-state index is 13.3. The molecule has 1 aliphatic rings. The van der Waals surface area contributed by atoms with Gasteiger partial charge in [0.25, 0.3) is 0 Å². The van der Waals surface area contributed by atoms with E-state index < -0.39 is 42.7 Å². The molecule has 0 aromatic carbocycles. The minimum Gasteiger partial charge on any atom is -0.394 e. The van der Waals surface area contributed by atoms with Crippen LogP contribution in [0.25, 0.3) is 0 Å². The van der Waals surface area contributed by atoms with Gasteiger partial charge in [-0.25, -0.2) is 4.98 Å². The Balaban J connectivity index is 1.84. The SMILES string of the molecule is Cn1cc(Cc2cc(C(F)(F)F)cc(N[C@H]3CO[C@H](CO)[C@H](O)[C@@H]3O)n2)nn1. The number of rotatable bonds is 5. The molecular formula is C16H20F3N5O4. The summed E-state index contributed by atoms with van der Waals surface area (Å²) >= 11 is 0. The monoisotopic (exact) mass is 403 g/mol. The quantitative estimate of drug-likeness (QED) is 0.537. The zero-order valence-electron chi connectivity index (χ0n) is 14.8. The molecule has 0 radical (unpaired) electrons. The van der Waals surface area contributed by atoms with Gasteiger partial charge in [0, 0.05) is 25.4 Å². The first-order valence-corrected chi connectivity index (χ1v) is 8.46. The van der Waals surface area contributed by atoms with Gasteiger partial charge in [-0.3, -0.25) is 4.68 Å². The van der Waals surface area contributed by atoms with Crippen LogP contribution in [0.3, 0.4) is 0 Å². The molecule has 4 N–H and O–H groups in total. The molecule has 28 heavy (non-hydrogen) atoms. The van der Waals surface area contributed by atoms with Crippen LogP contribution in [0.4, 0.5) is 19.0 Å². The summed E-state index contributed by atoms with van der Waals surface area (Å²) in [5, 5.41) is 39.4. The summed E-state index contributed by atoms with van der Waals surface area (Å²) < 4.78 is 46.5. The molecule has 0 aliphatic carbocycles. The van der Waals surface area contributed by atoms with Crippen molar-refractivity contribution < 1.29 is 33.2 Å². The van der Waals surface area contributed by atoms with Gasteiger partial charge in [0.05, 0.1) is 30.5 Å². The second kappa shape index (κ2) is 7.99. The van der Waals surface area contributed by atoms with Gasteiger partial charge in [0.15, 0.2) is 0 Å². The topological polar surface area (TPSA) is 126 Å². The number of pyridine rings is 1. The van der Waals surface area contributed by atoms with E-state index >= 15 is 0 Å². The lowest BCUT2D eigenvalue weighted by Crippen LogP contribution is -2.56. The standard InChI is InChI=1S/C16H20F3N5O4/c1-24-5-10(22-23-24)4-9-2-8(16(17,18)19)3-13(20-9)21-11-7-28-12(6-25)15(27)14(11)26/h2-3,5,11-12,14-15,25-27H,4,6-7H2,1H3,(H,20,21)/t11-,12+,14+,15-/m0/s1. The van der Waals surface area contributed by atoms with Crippen molar-refractivity contribution in [3.8, 4) is 0 Å². The second-order valence-corrected chi connectivity index (χ2v) is 6.58. The summed E-state index contributed by atoms with van der Waals surface area (Å²) in [6.07, 6.45) is -6.70. The van der Waals surface area contributed by atoms with Crippen LogP contribution in [-0.4, -0.2) is 72.9 Å². The molecule has 12 heteroatoms. The van der Waals surface area contributed by atoms with E-state index in [0.717, 1.165) is 12.1 Å². The van der Waals surface area contributed by atoms with Crippen LogP contribution in [0, 0.1) is 0 Å². The van der Waals surface area contributed by atoms with E-state index in [1.165, 1.54) is 4.68 Å². The Morgan fingerprint density at radius 2 is 2.00 bits per heavy atom.